The number of primary amides is 1. The minimum absolute atomic E-state index is 0.171. The number of carboxylic acid groups (broad SMARTS) is 1. The predicted octanol–water partition coefficient (Wildman–Crippen LogP) is 0.241. The Kier molecular flexibility index (Phi) is 4.75. The number of hydrogen-bond donors (Lipinski definition) is 3. The number of amides is 2. The molecule has 2 aromatic rings. The lowest BCUT2D eigenvalue weighted by Gasteiger charge is -2.13. The number of carbonyl (C=O) groups excluding carboxylic acids is 2. The fraction of sp³-hybridized carbons (Fsp3) is 0.200. The molecule has 1 aromatic carbocycles. The second-order valence-electron chi connectivity index (χ2n) is 4.85. The van der Waals surface area contributed by atoms with Crippen LogP contribution in [0.25, 0.3) is 11.0 Å². The van der Waals surface area contributed by atoms with Crippen molar-refractivity contribution in [3.8, 4) is 0 Å². The Labute approximate surface area is 129 Å². The van der Waals surface area contributed by atoms with Crippen LogP contribution in [0.1, 0.15) is 23.2 Å². The lowest BCUT2D eigenvalue weighted by molar-refractivity contribution is -0.139. The van der Waals surface area contributed by atoms with Gasteiger partial charge in [-0.15, -0.1) is 0 Å². The van der Waals surface area contributed by atoms with Crippen molar-refractivity contribution >= 4 is 28.8 Å². The molecule has 1 atom stereocenters. The molecule has 0 aliphatic carbocycles. The van der Waals surface area contributed by atoms with Gasteiger partial charge in [-0.1, -0.05) is 18.2 Å². The van der Waals surface area contributed by atoms with Crippen molar-refractivity contribution in [2.45, 2.75) is 18.9 Å². The van der Waals surface area contributed by atoms with Gasteiger partial charge in [0.25, 0.3) is 5.91 Å². The molecule has 1 aromatic heterocycles. The molecule has 1 unspecified atom stereocenters. The van der Waals surface area contributed by atoms with Crippen molar-refractivity contribution < 1.29 is 23.9 Å². The first-order valence-electron chi connectivity index (χ1n) is 6.73. The molecule has 23 heavy (non-hydrogen) atoms. The number of para-hydroxylation sites is 1. The molecular formula is C15H14N2O6. The largest absolute Gasteiger partial charge is 0.480 e. The number of benzene rings is 1. The molecule has 0 aliphatic rings. The SMILES string of the molecule is NC(=O)CCC(NC(=O)c1cc2ccccc2oc1=O)C(=O)O. The highest BCUT2D eigenvalue weighted by Gasteiger charge is 2.23. The first kappa shape index (κ1) is 16.2. The standard InChI is InChI=1S/C15H14N2O6/c16-12(18)6-5-10(14(20)21)17-13(19)9-7-8-3-1-2-4-11(8)23-15(9)22/h1-4,7,10H,5-6H2,(H2,16,18)(H,17,19)(H,20,21). The van der Waals surface area contributed by atoms with Gasteiger partial charge < -0.3 is 20.6 Å². The molecule has 0 saturated carbocycles. The molecule has 2 rings (SSSR count). The highest BCUT2D eigenvalue weighted by molar-refractivity contribution is 5.98. The monoisotopic (exact) mass is 318 g/mol. The van der Waals surface area contributed by atoms with Crippen molar-refractivity contribution in [1.29, 1.82) is 0 Å². The topological polar surface area (TPSA) is 140 Å². The highest BCUT2D eigenvalue weighted by atomic mass is 16.4. The van der Waals surface area contributed by atoms with Gasteiger partial charge >= 0.3 is 11.6 Å². The van der Waals surface area contributed by atoms with Crippen molar-refractivity contribution in [2.75, 3.05) is 0 Å². The van der Waals surface area contributed by atoms with Gasteiger partial charge in [0.2, 0.25) is 5.91 Å². The van der Waals surface area contributed by atoms with E-state index in [1.807, 2.05) is 0 Å². The zero-order valence-corrected chi connectivity index (χ0v) is 11.9. The summed E-state index contributed by atoms with van der Waals surface area (Å²) in [6.07, 6.45) is -0.376. The molecule has 0 fully saturated rings. The van der Waals surface area contributed by atoms with E-state index in [0.29, 0.717) is 11.0 Å². The van der Waals surface area contributed by atoms with Crippen LogP contribution in [-0.2, 0) is 9.59 Å². The molecule has 8 heteroatoms. The van der Waals surface area contributed by atoms with Crippen LogP contribution in [0.3, 0.4) is 0 Å². The molecule has 1 heterocycles. The average Bonchev–Trinajstić information content (AvgIpc) is 2.49. The molecule has 8 nitrogen and oxygen atoms in total. The molecular weight excluding hydrogens is 304 g/mol. The first-order chi connectivity index (χ1) is 10.9. The Morgan fingerprint density at radius 1 is 1.26 bits per heavy atom. The molecule has 0 radical (unpaired) electrons. The number of fused-ring (bicyclic) bond motifs is 1. The second-order valence-corrected chi connectivity index (χ2v) is 4.85. The quantitative estimate of drug-likeness (QED) is 0.652. The van der Waals surface area contributed by atoms with Crippen LogP contribution in [0, 0.1) is 0 Å². The number of rotatable bonds is 6. The van der Waals surface area contributed by atoms with E-state index < -0.39 is 29.5 Å². The van der Waals surface area contributed by atoms with E-state index in [0.717, 1.165) is 0 Å². The van der Waals surface area contributed by atoms with Gasteiger partial charge in [-0.05, 0) is 18.6 Å². The molecule has 0 aliphatic heterocycles. The number of nitrogens with two attached hydrogens (primary N) is 1. The van der Waals surface area contributed by atoms with Crippen molar-refractivity contribution in [2.24, 2.45) is 5.73 Å². The Morgan fingerprint density at radius 2 is 1.96 bits per heavy atom. The van der Waals surface area contributed by atoms with Crippen LogP contribution in [0.15, 0.2) is 39.5 Å². The van der Waals surface area contributed by atoms with Gasteiger partial charge in [0.1, 0.15) is 17.2 Å². The molecule has 0 spiro atoms. The molecule has 0 bridgehead atoms. The van der Waals surface area contributed by atoms with Gasteiger partial charge in [-0.25, -0.2) is 9.59 Å². The summed E-state index contributed by atoms with van der Waals surface area (Å²) in [5.41, 5.74) is 4.09. The van der Waals surface area contributed by atoms with E-state index in [1.165, 1.54) is 6.07 Å². The van der Waals surface area contributed by atoms with E-state index in [-0.39, 0.29) is 18.4 Å². The van der Waals surface area contributed by atoms with Crippen molar-refractivity contribution in [3.05, 3.63) is 46.3 Å². The van der Waals surface area contributed by atoms with Gasteiger partial charge in [0.15, 0.2) is 0 Å². The fourth-order valence-corrected chi connectivity index (χ4v) is 2.00. The van der Waals surface area contributed by atoms with Crippen LogP contribution in [0.4, 0.5) is 0 Å². The smallest absolute Gasteiger partial charge is 0.349 e. The minimum atomic E-state index is -1.33. The third kappa shape index (κ3) is 3.94. The minimum Gasteiger partial charge on any atom is -0.480 e. The number of nitrogens with one attached hydrogen (secondary N) is 1. The zero-order chi connectivity index (χ0) is 17.0. The summed E-state index contributed by atoms with van der Waals surface area (Å²) >= 11 is 0. The van der Waals surface area contributed by atoms with Crippen LogP contribution < -0.4 is 16.7 Å². The molecule has 2 amide bonds. The molecule has 120 valence electrons. The fourth-order valence-electron chi connectivity index (χ4n) is 2.00. The Bertz CT molecular complexity index is 826. The van der Waals surface area contributed by atoms with Crippen LogP contribution >= 0.6 is 0 Å². The maximum absolute atomic E-state index is 12.1. The molecule has 4 N–H and O–H groups in total. The van der Waals surface area contributed by atoms with Crippen LogP contribution in [0.5, 0.6) is 0 Å². The van der Waals surface area contributed by atoms with Gasteiger partial charge in [0.05, 0.1) is 0 Å². The summed E-state index contributed by atoms with van der Waals surface area (Å²) in [5.74, 6) is -2.90. The van der Waals surface area contributed by atoms with E-state index in [4.69, 9.17) is 15.3 Å². The van der Waals surface area contributed by atoms with Crippen molar-refractivity contribution in [3.63, 3.8) is 0 Å². The van der Waals surface area contributed by atoms with Gasteiger partial charge in [0, 0.05) is 11.8 Å². The van der Waals surface area contributed by atoms with E-state index in [9.17, 15) is 19.2 Å². The Balaban J connectivity index is 2.25. The first-order valence-corrected chi connectivity index (χ1v) is 6.73. The van der Waals surface area contributed by atoms with E-state index in [1.54, 1.807) is 24.3 Å². The van der Waals surface area contributed by atoms with E-state index >= 15 is 0 Å². The number of hydrogen-bond acceptors (Lipinski definition) is 5. The third-order valence-electron chi connectivity index (χ3n) is 3.17. The summed E-state index contributed by atoms with van der Waals surface area (Å²) < 4.78 is 5.02. The third-order valence-corrected chi connectivity index (χ3v) is 3.17. The normalized spacial score (nSPS) is 11.8. The zero-order valence-electron chi connectivity index (χ0n) is 11.9. The number of aliphatic carboxylic acids is 1. The van der Waals surface area contributed by atoms with Gasteiger partial charge in [-0.2, -0.15) is 0 Å². The Morgan fingerprint density at radius 3 is 2.61 bits per heavy atom. The van der Waals surface area contributed by atoms with Crippen LogP contribution in [0.2, 0.25) is 0 Å². The number of carboxylic acids is 1. The summed E-state index contributed by atoms with van der Waals surface area (Å²) in [4.78, 5) is 45.8. The van der Waals surface area contributed by atoms with Crippen molar-refractivity contribution in [1.82, 2.24) is 5.32 Å². The van der Waals surface area contributed by atoms with Gasteiger partial charge in [-0.3, -0.25) is 9.59 Å². The molecule has 0 saturated heterocycles. The summed E-state index contributed by atoms with van der Waals surface area (Å²) in [6.45, 7) is 0. The predicted molar refractivity (Wildman–Crippen MR) is 79.8 cm³/mol. The van der Waals surface area contributed by atoms with E-state index in [2.05, 4.69) is 5.32 Å². The maximum Gasteiger partial charge on any atom is 0.349 e. The average molecular weight is 318 g/mol. The summed E-state index contributed by atoms with van der Waals surface area (Å²) in [7, 11) is 0. The maximum atomic E-state index is 12.1. The summed E-state index contributed by atoms with van der Waals surface area (Å²) in [5, 5.41) is 11.8. The lowest BCUT2D eigenvalue weighted by atomic mass is 10.1. The second kappa shape index (κ2) is 6.73. The summed E-state index contributed by atoms with van der Waals surface area (Å²) in [6, 6.07) is 6.60. The highest BCUT2D eigenvalue weighted by Crippen LogP contribution is 2.12. The van der Waals surface area contributed by atoms with Crippen LogP contribution in [-0.4, -0.2) is 28.9 Å². The Hall–Kier alpha value is -3.16. The lowest BCUT2D eigenvalue weighted by Crippen LogP contribution is -2.42. The number of carbonyl (C=O) groups is 3.